The summed E-state index contributed by atoms with van der Waals surface area (Å²) in [6, 6.07) is 0.593. The monoisotopic (exact) mass is 251 g/mol. The Balaban J connectivity index is 1.81. The minimum atomic E-state index is 0.455. The summed E-state index contributed by atoms with van der Waals surface area (Å²) in [5, 5.41) is 8.02. The van der Waals surface area contributed by atoms with Crippen LogP contribution in [0.3, 0.4) is 0 Å². The molecule has 0 bridgehead atoms. The van der Waals surface area contributed by atoms with Crippen molar-refractivity contribution in [1.29, 1.82) is 0 Å². The van der Waals surface area contributed by atoms with Crippen molar-refractivity contribution in [2.75, 3.05) is 6.61 Å². The van der Waals surface area contributed by atoms with Crippen molar-refractivity contribution in [2.45, 2.75) is 58.2 Å². The largest absolute Gasteiger partial charge is 0.378 e. The Morgan fingerprint density at radius 3 is 3.06 bits per heavy atom. The maximum absolute atomic E-state index is 5.77. The molecular weight excluding hydrogens is 226 g/mol. The molecule has 0 aromatic carbocycles. The lowest BCUT2D eigenvalue weighted by molar-refractivity contribution is -0.00343. The molecule has 102 valence electrons. The second kappa shape index (κ2) is 6.34. The van der Waals surface area contributed by atoms with Gasteiger partial charge in [-0.1, -0.05) is 13.3 Å². The molecule has 1 N–H and O–H groups in total. The molecule has 0 radical (unpaired) electrons. The standard InChI is InChI=1S/C14H25N3O/c1-4-5-14-8-13(6-7-18-14)15-9-12-10-17(3)16-11(12)2/h10,13-15H,4-9H2,1-3H3. The van der Waals surface area contributed by atoms with Crippen molar-refractivity contribution in [3.05, 3.63) is 17.5 Å². The Labute approximate surface area is 110 Å². The quantitative estimate of drug-likeness (QED) is 0.871. The highest BCUT2D eigenvalue weighted by Crippen LogP contribution is 2.18. The Hall–Kier alpha value is -0.870. The number of aromatic nitrogens is 2. The molecule has 2 rings (SSSR count). The third-order valence-corrected chi connectivity index (χ3v) is 3.67. The second-order valence-corrected chi connectivity index (χ2v) is 5.30. The van der Waals surface area contributed by atoms with E-state index in [0.717, 1.165) is 31.7 Å². The zero-order chi connectivity index (χ0) is 13.0. The Kier molecular flexibility index (Phi) is 4.78. The normalized spacial score (nSPS) is 24.4. The molecule has 2 atom stereocenters. The molecular formula is C14H25N3O. The fraction of sp³-hybridized carbons (Fsp3) is 0.786. The Morgan fingerprint density at radius 2 is 2.39 bits per heavy atom. The van der Waals surface area contributed by atoms with Gasteiger partial charge in [-0.3, -0.25) is 4.68 Å². The van der Waals surface area contributed by atoms with Gasteiger partial charge in [-0.15, -0.1) is 0 Å². The molecule has 0 aliphatic carbocycles. The molecule has 1 aromatic rings. The number of ether oxygens (including phenoxy) is 1. The van der Waals surface area contributed by atoms with Gasteiger partial charge in [0, 0.05) is 38.0 Å². The smallest absolute Gasteiger partial charge is 0.0638 e. The van der Waals surface area contributed by atoms with Crippen LogP contribution >= 0.6 is 0 Å². The van der Waals surface area contributed by atoms with Crippen LogP contribution in [0.15, 0.2) is 6.20 Å². The first-order valence-corrected chi connectivity index (χ1v) is 7.03. The maximum atomic E-state index is 5.77. The summed E-state index contributed by atoms with van der Waals surface area (Å²) < 4.78 is 7.66. The lowest BCUT2D eigenvalue weighted by atomic mass is 10.00. The molecule has 1 aromatic heterocycles. The van der Waals surface area contributed by atoms with Crippen molar-refractivity contribution in [2.24, 2.45) is 7.05 Å². The second-order valence-electron chi connectivity index (χ2n) is 5.30. The number of nitrogens with one attached hydrogen (secondary N) is 1. The van der Waals surface area contributed by atoms with Crippen molar-refractivity contribution in [3.8, 4) is 0 Å². The molecule has 4 nitrogen and oxygen atoms in total. The van der Waals surface area contributed by atoms with E-state index in [4.69, 9.17) is 4.74 Å². The molecule has 1 aliphatic rings. The predicted molar refractivity (Wildman–Crippen MR) is 72.5 cm³/mol. The fourth-order valence-corrected chi connectivity index (χ4v) is 2.67. The molecule has 0 amide bonds. The van der Waals surface area contributed by atoms with Crippen LogP contribution in [0.5, 0.6) is 0 Å². The van der Waals surface area contributed by atoms with Crippen LogP contribution in [0.2, 0.25) is 0 Å². The third kappa shape index (κ3) is 3.56. The lowest BCUT2D eigenvalue weighted by Gasteiger charge is -2.30. The number of aryl methyl sites for hydroxylation is 2. The lowest BCUT2D eigenvalue weighted by Crippen LogP contribution is -2.38. The average molecular weight is 251 g/mol. The molecule has 0 saturated carbocycles. The third-order valence-electron chi connectivity index (χ3n) is 3.67. The van der Waals surface area contributed by atoms with Crippen LogP contribution in [0.4, 0.5) is 0 Å². The van der Waals surface area contributed by atoms with E-state index in [2.05, 4.69) is 30.5 Å². The number of rotatable bonds is 5. The van der Waals surface area contributed by atoms with Crippen LogP contribution in [0.25, 0.3) is 0 Å². The molecule has 1 saturated heterocycles. The first kappa shape index (κ1) is 13.6. The van der Waals surface area contributed by atoms with E-state index in [-0.39, 0.29) is 0 Å². The molecule has 1 fully saturated rings. The molecule has 0 spiro atoms. The van der Waals surface area contributed by atoms with Crippen LogP contribution in [-0.4, -0.2) is 28.5 Å². The van der Waals surface area contributed by atoms with Gasteiger partial charge in [-0.25, -0.2) is 0 Å². The van der Waals surface area contributed by atoms with Crippen molar-refractivity contribution >= 4 is 0 Å². The summed E-state index contributed by atoms with van der Waals surface area (Å²) in [6.45, 7) is 6.11. The first-order chi connectivity index (χ1) is 8.69. The summed E-state index contributed by atoms with van der Waals surface area (Å²) in [7, 11) is 1.97. The maximum Gasteiger partial charge on any atom is 0.0638 e. The van der Waals surface area contributed by atoms with Gasteiger partial charge < -0.3 is 10.1 Å². The number of hydrogen-bond donors (Lipinski definition) is 1. The Morgan fingerprint density at radius 1 is 1.56 bits per heavy atom. The van der Waals surface area contributed by atoms with E-state index in [1.54, 1.807) is 0 Å². The van der Waals surface area contributed by atoms with Gasteiger partial charge in [0.1, 0.15) is 0 Å². The van der Waals surface area contributed by atoms with Crippen LogP contribution < -0.4 is 5.32 Å². The Bertz CT molecular complexity index is 373. The summed E-state index contributed by atoms with van der Waals surface area (Å²) >= 11 is 0. The average Bonchev–Trinajstić information content (AvgIpc) is 2.66. The van der Waals surface area contributed by atoms with E-state index in [9.17, 15) is 0 Å². The summed E-state index contributed by atoms with van der Waals surface area (Å²) in [4.78, 5) is 0. The summed E-state index contributed by atoms with van der Waals surface area (Å²) in [6.07, 6.45) is 7.22. The van der Waals surface area contributed by atoms with Crippen molar-refractivity contribution in [3.63, 3.8) is 0 Å². The van der Waals surface area contributed by atoms with Gasteiger partial charge in [0.25, 0.3) is 0 Å². The molecule has 1 aliphatic heterocycles. The van der Waals surface area contributed by atoms with Gasteiger partial charge in [-0.05, 0) is 26.2 Å². The van der Waals surface area contributed by atoms with Gasteiger partial charge >= 0.3 is 0 Å². The fourth-order valence-electron chi connectivity index (χ4n) is 2.67. The first-order valence-electron chi connectivity index (χ1n) is 7.03. The molecule has 2 heterocycles. The zero-order valence-electron chi connectivity index (χ0n) is 11.8. The topological polar surface area (TPSA) is 39.1 Å². The molecule has 18 heavy (non-hydrogen) atoms. The van der Waals surface area contributed by atoms with Crippen LogP contribution in [-0.2, 0) is 18.3 Å². The summed E-state index contributed by atoms with van der Waals surface area (Å²) in [5.41, 5.74) is 2.43. The highest BCUT2D eigenvalue weighted by molar-refractivity contribution is 5.14. The van der Waals surface area contributed by atoms with Gasteiger partial charge in [-0.2, -0.15) is 5.10 Å². The van der Waals surface area contributed by atoms with Crippen molar-refractivity contribution < 1.29 is 4.74 Å². The van der Waals surface area contributed by atoms with Crippen LogP contribution in [0, 0.1) is 6.92 Å². The van der Waals surface area contributed by atoms with Gasteiger partial charge in [0.15, 0.2) is 0 Å². The molecule has 2 unspecified atom stereocenters. The van der Waals surface area contributed by atoms with E-state index in [1.807, 2.05) is 11.7 Å². The van der Waals surface area contributed by atoms with E-state index < -0.39 is 0 Å². The van der Waals surface area contributed by atoms with E-state index >= 15 is 0 Å². The number of hydrogen-bond acceptors (Lipinski definition) is 3. The number of nitrogens with zero attached hydrogens (tertiary/aromatic N) is 2. The van der Waals surface area contributed by atoms with Crippen molar-refractivity contribution in [1.82, 2.24) is 15.1 Å². The minimum Gasteiger partial charge on any atom is -0.378 e. The van der Waals surface area contributed by atoms with Gasteiger partial charge in [0.05, 0.1) is 11.8 Å². The SMILES string of the molecule is CCCC1CC(NCc2cn(C)nc2C)CCO1. The highest BCUT2D eigenvalue weighted by Gasteiger charge is 2.21. The molecule has 4 heteroatoms. The predicted octanol–water partition coefficient (Wildman–Crippen LogP) is 2.17. The highest BCUT2D eigenvalue weighted by atomic mass is 16.5. The van der Waals surface area contributed by atoms with Crippen LogP contribution in [0.1, 0.15) is 43.9 Å². The van der Waals surface area contributed by atoms with E-state index in [0.29, 0.717) is 12.1 Å². The van der Waals surface area contributed by atoms with E-state index in [1.165, 1.54) is 18.4 Å². The summed E-state index contributed by atoms with van der Waals surface area (Å²) in [5.74, 6) is 0. The van der Waals surface area contributed by atoms with Gasteiger partial charge in [0.2, 0.25) is 0 Å². The minimum absolute atomic E-state index is 0.455. The zero-order valence-corrected chi connectivity index (χ0v) is 11.8.